The molecule has 0 aromatic heterocycles. The van der Waals surface area contributed by atoms with E-state index in [2.05, 4.69) is 5.32 Å². The van der Waals surface area contributed by atoms with Crippen molar-refractivity contribution < 1.29 is 19.5 Å². The Kier molecular flexibility index (Phi) is 5.46. The summed E-state index contributed by atoms with van der Waals surface area (Å²) in [5.74, 6) is -2.69. The summed E-state index contributed by atoms with van der Waals surface area (Å²) in [6.07, 6.45) is 2.35. The summed E-state index contributed by atoms with van der Waals surface area (Å²) < 4.78 is 0. The minimum Gasteiger partial charge on any atom is -0.480 e. The Morgan fingerprint density at radius 1 is 1.35 bits per heavy atom. The molecule has 1 unspecified atom stereocenters. The van der Waals surface area contributed by atoms with E-state index >= 15 is 0 Å². The minimum atomic E-state index is -1.32. The average molecular weight is 276 g/mol. The molecule has 0 radical (unpaired) electrons. The fourth-order valence-corrected chi connectivity index (χ4v) is 1.56. The number of aliphatic carboxylic acids is 1. The number of nitrogens with one attached hydrogen (secondary N) is 1. The van der Waals surface area contributed by atoms with E-state index in [0.717, 1.165) is 11.1 Å². The first kappa shape index (κ1) is 15.4. The number of carbonyl (C=O) groups is 3. The second-order valence-corrected chi connectivity index (χ2v) is 4.26. The molecule has 1 aromatic carbocycles. The Morgan fingerprint density at radius 2 is 2.00 bits per heavy atom. The molecule has 0 aliphatic carbocycles. The van der Waals surface area contributed by atoms with Crippen molar-refractivity contribution in [3.63, 3.8) is 0 Å². The first-order valence-electron chi connectivity index (χ1n) is 5.95. The molecule has 0 spiro atoms. The van der Waals surface area contributed by atoms with Crippen LogP contribution in [-0.4, -0.2) is 28.9 Å². The van der Waals surface area contributed by atoms with E-state index in [0.29, 0.717) is 0 Å². The van der Waals surface area contributed by atoms with Gasteiger partial charge in [0.05, 0.1) is 6.42 Å². The van der Waals surface area contributed by atoms with Crippen LogP contribution in [0.5, 0.6) is 0 Å². The third-order valence-corrected chi connectivity index (χ3v) is 2.62. The van der Waals surface area contributed by atoms with Gasteiger partial charge in [0.15, 0.2) is 0 Å². The minimum absolute atomic E-state index is 0.445. The average Bonchev–Trinajstić information content (AvgIpc) is 2.36. The van der Waals surface area contributed by atoms with Gasteiger partial charge < -0.3 is 16.2 Å². The van der Waals surface area contributed by atoms with E-state index in [4.69, 9.17) is 10.8 Å². The Hall–Kier alpha value is -2.63. The summed E-state index contributed by atoms with van der Waals surface area (Å²) in [6.45, 7) is 1.89. The van der Waals surface area contributed by atoms with Crippen molar-refractivity contribution in [3.8, 4) is 0 Å². The third kappa shape index (κ3) is 4.93. The van der Waals surface area contributed by atoms with Gasteiger partial charge in [-0.3, -0.25) is 9.59 Å². The number of nitrogens with two attached hydrogens (primary N) is 1. The van der Waals surface area contributed by atoms with E-state index in [9.17, 15) is 14.4 Å². The van der Waals surface area contributed by atoms with Crippen molar-refractivity contribution >= 4 is 23.9 Å². The zero-order valence-corrected chi connectivity index (χ0v) is 11.0. The molecule has 1 atom stereocenters. The Bertz CT molecular complexity index is 552. The quantitative estimate of drug-likeness (QED) is 0.655. The van der Waals surface area contributed by atoms with Crippen LogP contribution in [0, 0.1) is 6.92 Å². The van der Waals surface area contributed by atoms with Gasteiger partial charge in [0, 0.05) is 6.08 Å². The fourth-order valence-electron chi connectivity index (χ4n) is 1.56. The highest BCUT2D eigenvalue weighted by atomic mass is 16.4. The normalized spacial score (nSPS) is 12.1. The van der Waals surface area contributed by atoms with Gasteiger partial charge in [-0.1, -0.05) is 24.3 Å². The van der Waals surface area contributed by atoms with E-state index in [-0.39, 0.29) is 0 Å². The molecule has 1 rings (SSSR count). The van der Waals surface area contributed by atoms with Crippen molar-refractivity contribution in [3.05, 3.63) is 41.5 Å². The van der Waals surface area contributed by atoms with Gasteiger partial charge >= 0.3 is 5.97 Å². The maximum Gasteiger partial charge on any atom is 0.326 e. The molecule has 1 aromatic rings. The number of rotatable bonds is 6. The highest BCUT2D eigenvalue weighted by Gasteiger charge is 2.20. The molecular formula is C14H16N2O4. The van der Waals surface area contributed by atoms with Gasteiger partial charge in [-0.15, -0.1) is 0 Å². The summed E-state index contributed by atoms with van der Waals surface area (Å²) in [5.41, 5.74) is 6.76. The topological polar surface area (TPSA) is 109 Å². The summed E-state index contributed by atoms with van der Waals surface area (Å²) in [6, 6.07) is 6.11. The highest BCUT2D eigenvalue weighted by molar-refractivity contribution is 5.95. The van der Waals surface area contributed by atoms with Crippen LogP contribution in [0.2, 0.25) is 0 Å². The summed E-state index contributed by atoms with van der Waals surface area (Å²) in [7, 11) is 0. The Balaban J connectivity index is 2.69. The fraction of sp³-hybridized carbons (Fsp3) is 0.214. The second-order valence-electron chi connectivity index (χ2n) is 4.26. The number of hydrogen-bond acceptors (Lipinski definition) is 3. The molecule has 0 fully saturated rings. The van der Waals surface area contributed by atoms with Gasteiger partial charge in [0.1, 0.15) is 6.04 Å². The molecule has 6 heteroatoms. The number of carboxylic acid groups (broad SMARTS) is 1. The van der Waals surface area contributed by atoms with Gasteiger partial charge in [-0.2, -0.15) is 0 Å². The van der Waals surface area contributed by atoms with Crippen LogP contribution in [0.1, 0.15) is 17.5 Å². The zero-order chi connectivity index (χ0) is 15.1. The van der Waals surface area contributed by atoms with Crippen LogP contribution < -0.4 is 11.1 Å². The molecule has 0 saturated carbocycles. The van der Waals surface area contributed by atoms with Crippen molar-refractivity contribution in [1.29, 1.82) is 0 Å². The molecular weight excluding hydrogens is 260 g/mol. The SMILES string of the molecule is Cc1ccccc1/C=C/C(=O)NC(CC(N)=O)C(=O)O. The molecule has 0 aliphatic heterocycles. The van der Waals surface area contributed by atoms with E-state index in [1.165, 1.54) is 6.08 Å². The second kappa shape index (κ2) is 7.08. The largest absolute Gasteiger partial charge is 0.480 e. The molecule has 0 aliphatic rings. The molecule has 6 nitrogen and oxygen atoms in total. The van der Waals surface area contributed by atoms with E-state index in [1.807, 2.05) is 31.2 Å². The van der Waals surface area contributed by atoms with Gasteiger partial charge in [0.25, 0.3) is 0 Å². The number of carboxylic acids is 1. The number of hydrogen-bond donors (Lipinski definition) is 3. The molecule has 4 N–H and O–H groups in total. The predicted octanol–water partition coefficient (Wildman–Crippen LogP) is 0.453. The van der Waals surface area contributed by atoms with Gasteiger partial charge in [-0.25, -0.2) is 4.79 Å². The lowest BCUT2D eigenvalue weighted by molar-refractivity contribution is -0.142. The van der Waals surface area contributed by atoms with Crippen LogP contribution >= 0.6 is 0 Å². The Morgan fingerprint density at radius 3 is 2.55 bits per heavy atom. The van der Waals surface area contributed by atoms with Crippen molar-refractivity contribution in [1.82, 2.24) is 5.32 Å². The lowest BCUT2D eigenvalue weighted by atomic mass is 10.1. The highest BCUT2D eigenvalue weighted by Crippen LogP contribution is 2.08. The van der Waals surface area contributed by atoms with Gasteiger partial charge in [0.2, 0.25) is 11.8 Å². The zero-order valence-electron chi connectivity index (χ0n) is 11.0. The lowest BCUT2D eigenvalue weighted by Gasteiger charge is -2.10. The summed E-state index contributed by atoms with van der Waals surface area (Å²) in [5, 5.41) is 11.1. The van der Waals surface area contributed by atoms with Crippen LogP contribution in [0.4, 0.5) is 0 Å². The molecule has 0 saturated heterocycles. The number of aryl methyl sites for hydroxylation is 1. The maximum atomic E-state index is 11.6. The number of carbonyl (C=O) groups excluding carboxylic acids is 2. The third-order valence-electron chi connectivity index (χ3n) is 2.62. The molecule has 106 valence electrons. The van der Waals surface area contributed by atoms with Crippen molar-refractivity contribution in [2.24, 2.45) is 5.73 Å². The van der Waals surface area contributed by atoms with E-state index in [1.54, 1.807) is 6.08 Å². The maximum absolute atomic E-state index is 11.6. The van der Waals surface area contributed by atoms with Crippen LogP contribution in [0.3, 0.4) is 0 Å². The Labute approximate surface area is 116 Å². The monoisotopic (exact) mass is 276 g/mol. The predicted molar refractivity (Wildman–Crippen MR) is 73.6 cm³/mol. The molecule has 0 heterocycles. The smallest absolute Gasteiger partial charge is 0.326 e. The van der Waals surface area contributed by atoms with Crippen LogP contribution in [0.15, 0.2) is 30.3 Å². The first-order chi connectivity index (χ1) is 9.40. The number of amides is 2. The summed E-state index contributed by atoms with van der Waals surface area (Å²) >= 11 is 0. The van der Waals surface area contributed by atoms with Crippen molar-refractivity contribution in [2.45, 2.75) is 19.4 Å². The van der Waals surface area contributed by atoms with Crippen LogP contribution in [0.25, 0.3) is 6.08 Å². The number of primary amides is 1. The van der Waals surface area contributed by atoms with Crippen LogP contribution in [-0.2, 0) is 14.4 Å². The summed E-state index contributed by atoms with van der Waals surface area (Å²) in [4.78, 5) is 33.2. The molecule has 20 heavy (non-hydrogen) atoms. The molecule has 0 bridgehead atoms. The standard InChI is InChI=1S/C14H16N2O4/c1-9-4-2-3-5-10(9)6-7-13(18)16-11(14(19)20)8-12(15)17/h2-7,11H,8H2,1H3,(H2,15,17)(H,16,18)(H,19,20)/b7-6+. The first-order valence-corrected chi connectivity index (χ1v) is 5.95. The van der Waals surface area contributed by atoms with Crippen molar-refractivity contribution in [2.75, 3.05) is 0 Å². The lowest BCUT2D eigenvalue weighted by Crippen LogP contribution is -2.42. The molecule has 2 amide bonds. The van der Waals surface area contributed by atoms with E-state index < -0.39 is 30.2 Å². The number of benzene rings is 1. The van der Waals surface area contributed by atoms with Gasteiger partial charge in [-0.05, 0) is 24.1 Å².